The molecule has 1 aliphatic rings. The number of halogens is 1. The summed E-state index contributed by atoms with van der Waals surface area (Å²) < 4.78 is 24.5. The first-order chi connectivity index (χ1) is 9.91. The van der Waals surface area contributed by atoms with Crippen molar-refractivity contribution in [3.05, 3.63) is 28.2 Å². The minimum absolute atomic E-state index is 0.139. The molecule has 0 amide bonds. The van der Waals surface area contributed by atoms with E-state index in [4.69, 9.17) is 5.73 Å². The Balaban J connectivity index is 2.26. The van der Waals surface area contributed by atoms with Gasteiger partial charge in [0.25, 0.3) is 0 Å². The van der Waals surface area contributed by atoms with Crippen LogP contribution in [-0.2, 0) is 16.3 Å². The van der Waals surface area contributed by atoms with E-state index in [-0.39, 0.29) is 11.8 Å². The lowest BCUT2D eigenvalue weighted by atomic mass is 10.0. The molecule has 1 saturated heterocycles. The number of anilines is 1. The topological polar surface area (TPSA) is 63.4 Å². The second-order valence-corrected chi connectivity index (χ2v) is 8.86. The maximum absolute atomic E-state index is 11.8. The van der Waals surface area contributed by atoms with Gasteiger partial charge in [-0.2, -0.15) is 0 Å². The van der Waals surface area contributed by atoms with Gasteiger partial charge in [-0.3, -0.25) is 0 Å². The predicted octanol–water partition coefficient (Wildman–Crippen LogP) is 2.35. The lowest BCUT2D eigenvalue weighted by Gasteiger charge is -2.26. The van der Waals surface area contributed by atoms with Crippen molar-refractivity contribution in [1.29, 1.82) is 0 Å². The largest absolute Gasteiger partial charge is 0.370 e. The van der Waals surface area contributed by atoms with E-state index in [1.165, 1.54) is 5.56 Å². The molecule has 1 aromatic carbocycles. The second kappa shape index (κ2) is 7.11. The van der Waals surface area contributed by atoms with Crippen LogP contribution in [0, 0.1) is 0 Å². The smallest absolute Gasteiger partial charge is 0.152 e. The van der Waals surface area contributed by atoms with E-state index >= 15 is 0 Å². The highest BCUT2D eigenvalue weighted by atomic mass is 79.9. The Morgan fingerprint density at radius 3 is 2.81 bits per heavy atom. The molecule has 2 rings (SSSR count). The number of hydrogen-bond donors (Lipinski definition) is 1. The van der Waals surface area contributed by atoms with Crippen LogP contribution in [0.3, 0.4) is 0 Å². The third-order valence-corrected chi connectivity index (χ3v) is 6.16. The summed E-state index contributed by atoms with van der Waals surface area (Å²) in [4.78, 5) is 2.19. The van der Waals surface area contributed by atoms with Crippen LogP contribution in [0.5, 0.6) is 0 Å². The van der Waals surface area contributed by atoms with Crippen LogP contribution in [-0.4, -0.2) is 39.1 Å². The Kier molecular flexibility index (Phi) is 5.68. The molecule has 0 saturated carbocycles. The van der Waals surface area contributed by atoms with E-state index in [0.717, 1.165) is 29.5 Å². The summed E-state index contributed by atoms with van der Waals surface area (Å²) in [7, 11) is -2.89. The fourth-order valence-corrected chi connectivity index (χ4v) is 4.23. The van der Waals surface area contributed by atoms with E-state index in [0.29, 0.717) is 18.7 Å². The first kappa shape index (κ1) is 16.8. The summed E-state index contributed by atoms with van der Waals surface area (Å²) in [6, 6.07) is 6.33. The number of sulfone groups is 1. The van der Waals surface area contributed by atoms with Crippen LogP contribution in [0.25, 0.3) is 0 Å². The van der Waals surface area contributed by atoms with Crippen LogP contribution >= 0.6 is 15.9 Å². The van der Waals surface area contributed by atoms with E-state index in [2.05, 4.69) is 39.9 Å². The standard InChI is InChI=1S/C15H23BrN2O2S/c1-2-14(17)10-12-4-5-13(16)11-15(12)18-6-3-8-21(19,20)9-7-18/h4-5,11,14H,2-3,6-10,17H2,1H3. The van der Waals surface area contributed by atoms with Crippen molar-refractivity contribution >= 4 is 31.5 Å². The average Bonchev–Trinajstić information content (AvgIpc) is 2.61. The zero-order valence-corrected chi connectivity index (χ0v) is 14.8. The van der Waals surface area contributed by atoms with Crippen LogP contribution < -0.4 is 10.6 Å². The van der Waals surface area contributed by atoms with Crippen molar-refractivity contribution in [3.8, 4) is 0 Å². The summed E-state index contributed by atoms with van der Waals surface area (Å²) in [5.41, 5.74) is 8.41. The molecule has 0 bridgehead atoms. The van der Waals surface area contributed by atoms with Crippen molar-refractivity contribution in [3.63, 3.8) is 0 Å². The van der Waals surface area contributed by atoms with Gasteiger partial charge < -0.3 is 10.6 Å². The molecule has 2 N–H and O–H groups in total. The van der Waals surface area contributed by atoms with E-state index in [1.807, 2.05) is 6.07 Å². The maximum atomic E-state index is 11.8. The fourth-order valence-electron chi connectivity index (χ4n) is 2.61. The molecule has 1 aliphatic heterocycles. The van der Waals surface area contributed by atoms with Gasteiger partial charge in [0.1, 0.15) is 0 Å². The summed E-state index contributed by atoms with van der Waals surface area (Å²) in [5, 5.41) is 0. The zero-order chi connectivity index (χ0) is 15.5. The van der Waals surface area contributed by atoms with Gasteiger partial charge in [0.05, 0.1) is 11.5 Å². The van der Waals surface area contributed by atoms with Crippen molar-refractivity contribution in [2.24, 2.45) is 5.73 Å². The highest BCUT2D eigenvalue weighted by Crippen LogP contribution is 2.27. The molecule has 0 spiro atoms. The molecule has 21 heavy (non-hydrogen) atoms. The first-order valence-electron chi connectivity index (χ1n) is 7.40. The molecule has 1 unspecified atom stereocenters. The predicted molar refractivity (Wildman–Crippen MR) is 91.6 cm³/mol. The van der Waals surface area contributed by atoms with Crippen molar-refractivity contribution < 1.29 is 8.42 Å². The number of nitrogens with two attached hydrogens (primary N) is 1. The highest BCUT2D eigenvalue weighted by Gasteiger charge is 2.21. The molecule has 1 heterocycles. The van der Waals surface area contributed by atoms with Gasteiger partial charge in [0.2, 0.25) is 0 Å². The molecule has 4 nitrogen and oxygen atoms in total. The number of nitrogens with zero attached hydrogens (tertiary/aromatic N) is 1. The SMILES string of the molecule is CCC(N)Cc1ccc(Br)cc1N1CCCS(=O)(=O)CC1. The molecule has 1 aromatic rings. The molecule has 0 aliphatic carbocycles. The molecule has 1 fully saturated rings. The Bertz CT molecular complexity index is 589. The Labute approximate surface area is 135 Å². The lowest BCUT2D eigenvalue weighted by Crippen LogP contribution is -2.29. The number of rotatable bonds is 4. The third kappa shape index (κ3) is 4.69. The van der Waals surface area contributed by atoms with E-state index in [1.54, 1.807) is 0 Å². The van der Waals surface area contributed by atoms with E-state index in [9.17, 15) is 8.42 Å². The summed E-state index contributed by atoms with van der Waals surface area (Å²) in [6.07, 6.45) is 2.44. The minimum Gasteiger partial charge on any atom is -0.370 e. The Hall–Kier alpha value is -0.590. The van der Waals surface area contributed by atoms with Gasteiger partial charge >= 0.3 is 0 Å². The zero-order valence-electron chi connectivity index (χ0n) is 12.4. The van der Waals surface area contributed by atoms with Crippen molar-refractivity contribution in [1.82, 2.24) is 0 Å². The normalized spacial score (nSPS) is 20.0. The molecular weight excluding hydrogens is 352 g/mol. The molecule has 0 aromatic heterocycles. The van der Waals surface area contributed by atoms with Gasteiger partial charge in [-0.1, -0.05) is 28.9 Å². The van der Waals surface area contributed by atoms with Gasteiger partial charge in [0.15, 0.2) is 9.84 Å². The van der Waals surface area contributed by atoms with Crippen molar-refractivity contribution in [2.45, 2.75) is 32.2 Å². The average molecular weight is 375 g/mol. The Morgan fingerprint density at radius 2 is 2.10 bits per heavy atom. The number of benzene rings is 1. The van der Waals surface area contributed by atoms with Crippen molar-refractivity contribution in [2.75, 3.05) is 29.5 Å². The van der Waals surface area contributed by atoms with Gasteiger partial charge in [-0.25, -0.2) is 8.42 Å². The lowest BCUT2D eigenvalue weighted by molar-refractivity contribution is 0.597. The van der Waals surface area contributed by atoms with Gasteiger partial charge in [-0.05, 0) is 37.0 Å². The van der Waals surface area contributed by atoms with Crippen LogP contribution in [0.1, 0.15) is 25.3 Å². The molecule has 1 atom stereocenters. The Morgan fingerprint density at radius 1 is 1.33 bits per heavy atom. The van der Waals surface area contributed by atoms with Gasteiger partial charge in [0, 0.05) is 29.3 Å². The van der Waals surface area contributed by atoms with E-state index < -0.39 is 9.84 Å². The molecular formula is C15H23BrN2O2S. The van der Waals surface area contributed by atoms with Crippen LogP contribution in [0.2, 0.25) is 0 Å². The quantitative estimate of drug-likeness (QED) is 0.878. The molecule has 118 valence electrons. The molecule has 0 radical (unpaired) electrons. The van der Waals surface area contributed by atoms with Crippen LogP contribution in [0.4, 0.5) is 5.69 Å². The highest BCUT2D eigenvalue weighted by molar-refractivity contribution is 9.10. The minimum atomic E-state index is -2.89. The summed E-state index contributed by atoms with van der Waals surface area (Å²) in [5.74, 6) is 0.528. The first-order valence-corrected chi connectivity index (χ1v) is 10.0. The number of hydrogen-bond acceptors (Lipinski definition) is 4. The molecule has 6 heteroatoms. The monoisotopic (exact) mass is 374 g/mol. The summed E-state index contributed by atoms with van der Waals surface area (Å²) in [6.45, 7) is 3.43. The summed E-state index contributed by atoms with van der Waals surface area (Å²) >= 11 is 3.51. The van der Waals surface area contributed by atoms with Gasteiger partial charge in [-0.15, -0.1) is 0 Å². The fraction of sp³-hybridized carbons (Fsp3) is 0.600. The third-order valence-electron chi connectivity index (χ3n) is 3.95. The van der Waals surface area contributed by atoms with Crippen LogP contribution in [0.15, 0.2) is 22.7 Å². The second-order valence-electron chi connectivity index (χ2n) is 5.64. The maximum Gasteiger partial charge on any atom is 0.152 e.